The lowest BCUT2D eigenvalue weighted by molar-refractivity contribution is -0.858. The van der Waals surface area contributed by atoms with Crippen molar-refractivity contribution in [3.8, 4) is 17.2 Å². The fraction of sp³-hybridized carbons (Fsp3) is 0.333. The summed E-state index contributed by atoms with van der Waals surface area (Å²) in [6.45, 7) is 5.73. The number of carbonyl (C=O) groups excluding carboxylic acids is 2. The first-order valence-electron chi connectivity index (χ1n) is 13.9. The second-order valence-corrected chi connectivity index (χ2v) is 10.4. The topological polar surface area (TPSA) is 92.6 Å². The van der Waals surface area contributed by atoms with Crippen molar-refractivity contribution in [1.29, 1.82) is 0 Å². The summed E-state index contributed by atoms with van der Waals surface area (Å²) in [5.74, 6) is -0.251. The average Bonchev–Trinajstić information content (AvgIpc) is 3.22. The zero-order valence-electron chi connectivity index (χ0n) is 24.4. The fourth-order valence-corrected chi connectivity index (χ4v) is 5.02. The summed E-state index contributed by atoms with van der Waals surface area (Å²) in [5.41, 5.74) is 2.67. The smallest absolute Gasteiger partial charge is 0.295 e. The molecule has 1 N–H and O–H groups in total. The van der Waals surface area contributed by atoms with Gasteiger partial charge in [-0.05, 0) is 60.4 Å². The number of quaternary nitrogens is 1. The molecule has 1 atom stereocenters. The van der Waals surface area contributed by atoms with Crippen LogP contribution in [0.15, 0.2) is 72.3 Å². The minimum atomic E-state index is -0.835. The van der Waals surface area contributed by atoms with E-state index in [1.165, 1.54) is 16.9 Å². The third-order valence-corrected chi connectivity index (χ3v) is 7.08. The number of ketones is 1. The molecule has 0 aromatic heterocycles. The summed E-state index contributed by atoms with van der Waals surface area (Å²) >= 11 is 0. The summed E-state index contributed by atoms with van der Waals surface area (Å²) in [6, 6.07) is 19.3. The monoisotopic (exact) mass is 558 g/mol. The van der Waals surface area contributed by atoms with Crippen LogP contribution in [0.5, 0.6) is 17.2 Å². The molecule has 1 aliphatic rings. The van der Waals surface area contributed by atoms with E-state index in [9.17, 15) is 14.7 Å². The highest BCUT2D eigenvalue weighted by Crippen LogP contribution is 2.41. The number of benzene rings is 3. The predicted octanol–water partition coefficient (Wildman–Crippen LogP) is 2.74. The quantitative estimate of drug-likeness (QED) is 0.209. The van der Waals surface area contributed by atoms with Gasteiger partial charge in [0, 0.05) is 18.5 Å². The van der Waals surface area contributed by atoms with Crippen LogP contribution in [-0.4, -0.2) is 57.5 Å². The van der Waals surface area contributed by atoms with Gasteiger partial charge in [-0.25, -0.2) is 0 Å². The van der Waals surface area contributed by atoms with Crippen LogP contribution < -0.4 is 24.2 Å². The highest BCUT2D eigenvalue weighted by molar-refractivity contribution is 6.46. The predicted molar refractivity (Wildman–Crippen MR) is 155 cm³/mol. The summed E-state index contributed by atoms with van der Waals surface area (Å²) in [5, 5.41) is 13.9. The first-order chi connectivity index (χ1) is 19.7. The van der Waals surface area contributed by atoms with E-state index >= 15 is 0 Å². The standard InChI is InChI=1S/C33H38N2O6/c1-6-40-27-16-13-24(20-28(27)39-5)30-29(32(37)33(38)35(30)18-10-17-34(3)4)31(36)25-14-15-26(22(2)19-25)41-21-23-11-8-7-9-12-23/h7-9,11-16,19-20,30,36H,6,10,17-18,21H2,1-5H3/b31-29+. The van der Waals surface area contributed by atoms with E-state index in [1.54, 1.807) is 36.4 Å². The molecule has 0 bridgehead atoms. The molecule has 1 amide bonds. The van der Waals surface area contributed by atoms with Gasteiger partial charge in [0.15, 0.2) is 11.5 Å². The van der Waals surface area contributed by atoms with Crippen LogP contribution in [0.3, 0.4) is 0 Å². The molecule has 3 aromatic carbocycles. The second kappa shape index (κ2) is 13.4. The van der Waals surface area contributed by atoms with E-state index in [4.69, 9.17) is 14.2 Å². The maximum Gasteiger partial charge on any atom is 0.295 e. The van der Waals surface area contributed by atoms with Gasteiger partial charge in [0.2, 0.25) is 5.78 Å². The number of rotatable bonds is 12. The molecule has 216 valence electrons. The number of ether oxygens (including phenoxy) is 3. The van der Waals surface area contributed by atoms with Crippen LogP contribution in [0.25, 0.3) is 5.76 Å². The summed E-state index contributed by atoms with van der Waals surface area (Å²) in [6.07, 6.45) is 0.681. The third-order valence-electron chi connectivity index (χ3n) is 7.08. The molecule has 3 aromatic rings. The molecule has 1 aliphatic heterocycles. The lowest BCUT2D eigenvalue weighted by Gasteiger charge is -2.28. The lowest BCUT2D eigenvalue weighted by atomic mass is 9.94. The summed E-state index contributed by atoms with van der Waals surface area (Å²) < 4.78 is 17.2. The average molecular weight is 559 g/mol. The largest absolute Gasteiger partial charge is 0.872 e. The molecule has 0 spiro atoms. The van der Waals surface area contributed by atoms with Crippen molar-refractivity contribution < 1.29 is 33.8 Å². The van der Waals surface area contributed by atoms with Gasteiger partial charge in [-0.15, -0.1) is 0 Å². The van der Waals surface area contributed by atoms with E-state index in [-0.39, 0.29) is 5.57 Å². The Bertz CT molecular complexity index is 1420. The molecule has 0 radical (unpaired) electrons. The molecule has 41 heavy (non-hydrogen) atoms. The van der Waals surface area contributed by atoms with Crippen molar-refractivity contribution in [2.75, 3.05) is 40.9 Å². The Morgan fingerprint density at radius 1 is 0.951 bits per heavy atom. The minimum absolute atomic E-state index is 0.0595. The summed E-state index contributed by atoms with van der Waals surface area (Å²) in [7, 11) is 5.59. The Balaban J connectivity index is 1.72. The van der Waals surface area contributed by atoms with Crippen molar-refractivity contribution in [2.24, 2.45) is 0 Å². The minimum Gasteiger partial charge on any atom is -0.872 e. The number of carbonyl (C=O) groups is 2. The molecule has 1 fully saturated rings. The van der Waals surface area contributed by atoms with Gasteiger partial charge in [-0.3, -0.25) is 9.59 Å². The first-order valence-corrected chi connectivity index (χ1v) is 13.9. The van der Waals surface area contributed by atoms with Gasteiger partial charge in [0.25, 0.3) is 5.91 Å². The van der Waals surface area contributed by atoms with Crippen molar-refractivity contribution in [1.82, 2.24) is 4.90 Å². The molecular weight excluding hydrogens is 520 g/mol. The van der Waals surface area contributed by atoms with E-state index in [1.807, 2.05) is 58.3 Å². The van der Waals surface area contributed by atoms with Crippen molar-refractivity contribution in [3.05, 3.63) is 94.6 Å². The Kier molecular flexibility index (Phi) is 9.68. The maximum atomic E-state index is 13.9. The van der Waals surface area contributed by atoms with Crippen LogP contribution in [0.4, 0.5) is 0 Å². The van der Waals surface area contributed by atoms with E-state index in [2.05, 4.69) is 0 Å². The van der Waals surface area contributed by atoms with Crippen LogP contribution >= 0.6 is 0 Å². The normalized spacial score (nSPS) is 16.3. The van der Waals surface area contributed by atoms with Gasteiger partial charge in [-0.1, -0.05) is 48.2 Å². The van der Waals surface area contributed by atoms with Gasteiger partial charge < -0.3 is 29.1 Å². The van der Waals surface area contributed by atoms with E-state index < -0.39 is 23.5 Å². The number of hydrogen-bond donors (Lipinski definition) is 1. The Labute approximate surface area is 241 Å². The second-order valence-electron chi connectivity index (χ2n) is 10.4. The van der Waals surface area contributed by atoms with Crippen LogP contribution in [0, 0.1) is 6.92 Å². The third kappa shape index (κ3) is 6.72. The van der Waals surface area contributed by atoms with E-state index in [0.29, 0.717) is 54.6 Å². The molecule has 0 aliphatic carbocycles. The summed E-state index contributed by atoms with van der Waals surface area (Å²) in [4.78, 5) is 29.4. The molecule has 1 saturated heterocycles. The molecule has 8 nitrogen and oxygen atoms in total. The number of nitrogens with zero attached hydrogens (tertiary/aromatic N) is 1. The molecule has 0 saturated carbocycles. The fourth-order valence-electron chi connectivity index (χ4n) is 5.02. The van der Waals surface area contributed by atoms with Gasteiger partial charge in [0.05, 0.1) is 40.4 Å². The van der Waals surface area contributed by atoms with Crippen LogP contribution in [0.2, 0.25) is 0 Å². The molecule has 8 heteroatoms. The van der Waals surface area contributed by atoms with Gasteiger partial charge >= 0.3 is 0 Å². The highest BCUT2D eigenvalue weighted by atomic mass is 16.5. The Morgan fingerprint density at radius 3 is 2.34 bits per heavy atom. The van der Waals surface area contributed by atoms with Crippen LogP contribution in [-0.2, 0) is 16.2 Å². The molecule has 1 unspecified atom stereocenters. The van der Waals surface area contributed by atoms with Gasteiger partial charge in [0.1, 0.15) is 12.4 Å². The number of likely N-dealkylation sites (tertiary alicyclic amines) is 1. The lowest BCUT2D eigenvalue weighted by Crippen LogP contribution is -3.05. The number of hydrogen-bond acceptors (Lipinski definition) is 6. The van der Waals surface area contributed by atoms with Crippen molar-refractivity contribution in [3.63, 3.8) is 0 Å². The maximum absolute atomic E-state index is 13.9. The number of Topliss-reactive ketones (excluding diaryl/α,β-unsaturated/α-hetero) is 1. The number of methoxy groups -OCH3 is 1. The number of nitrogens with one attached hydrogen (secondary N) is 1. The van der Waals surface area contributed by atoms with Crippen molar-refractivity contribution >= 4 is 17.4 Å². The SMILES string of the molecule is CCOc1ccc(C2/C(=C(\[O-])c3ccc(OCc4ccccc4)c(C)c3)C(=O)C(=O)N2CCC[NH+](C)C)cc1OC. The molecular formula is C33H38N2O6. The van der Waals surface area contributed by atoms with Crippen molar-refractivity contribution in [2.45, 2.75) is 32.9 Å². The zero-order valence-corrected chi connectivity index (χ0v) is 24.4. The molecule has 4 rings (SSSR count). The van der Waals surface area contributed by atoms with Crippen LogP contribution in [0.1, 0.15) is 41.6 Å². The van der Waals surface area contributed by atoms with Gasteiger partial charge in [-0.2, -0.15) is 0 Å². The number of amides is 1. The first kappa shape index (κ1) is 29.7. The number of aryl methyl sites for hydroxylation is 1. The highest BCUT2D eigenvalue weighted by Gasteiger charge is 2.44. The zero-order chi connectivity index (χ0) is 29.5. The Hall–Kier alpha value is -4.30. The van der Waals surface area contributed by atoms with E-state index in [0.717, 1.165) is 17.7 Å². The molecule has 1 heterocycles. The Morgan fingerprint density at radius 2 is 1.68 bits per heavy atom.